The minimum atomic E-state index is -1.07. The van der Waals surface area contributed by atoms with Crippen LogP contribution in [0.1, 0.15) is 72.5 Å². The molecule has 184 valence electrons. The van der Waals surface area contributed by atoms with Crippen LogP contribution >= 0.6 is 0 Å². The summed E-state index contributed by atoms with van der Waals surface area (Å²) < 4.78 is 6.08. The fourth-order valence-electron chi connectivity index (χ4n) is 4.77. The molecule has 1 aliphatic rings. The van der Waals surface area contributed by atoms with Crippen LogP contribution in [0.3, 0.4) is 0 Å². The minimum Gasteiger partial charge on any atom is -0.476 e. The average molecular weight is 478 g/mol. The first-order chi connectivity index (χ1) is 16.6. The zero-order valence-electron chi connectivity index (χ0n) is 20.2. The molecule has 2 aromatic carbocycles. The predicted molar refractivity (Wildman–Crippen MR) is 130 cm³/mol. The fourth-order valence-corrected chi connectivity index (χ4v) is 4.77. The maximum atomic E-state index is 13.2. The summed E-state index contributed by atoms with van der Waals surface area (Å²) in [6.45, 7) is 5.93. The molecule has 8 heteroatoms. The van der Waals surface area contributed by atoms with Gasteiger partial charge in [0.15, 0.2) is 5.69 Å². The highest BCUT2D eigenvalue weighted by Gasteiger charge is 2.46. The number of hydrogen-bond acceptors (Lipinski definition) is 5. The van der Waals surface area contributed by atoms with Crippen molar-refractivity contribution in [2.75, 3.05) is 6.54 Å². The number of H-pyrrole nitrogens is 1. The number of aromatic carboxylic acids is 1. The number of hydrogen-bond donors (Lipinski definition) is 3. The lowest BCUT2D eigenvalue weighted by Gasteiger charge is -2.45. The van der Waals surface area contributed by atoms with Crippen molar-refractivity contribution < 1.29 is 24.5 Å². The van der Waals surface area contributed by atoms with Crippen molar-refractivity contribution >= 4 is 12.1 Å². The van der Waals surface area contributed by atoms with E-state index in [0.29, 0.717) is 31.5 Å². The number of carbonyl (C=O) groups excluding carboxylic acids is 1. The molecule has 0 spiro atoms. The van der Waals surface area contributed by atoms with Crippen LogP contribution in [-0.4, -0.2) is 49.5 Å². The highest BCUT2D eigenvalue weighted by molar-refractivity contribution is 5.85. The smallest absolute Gasteiger partial charge is 0.411 e. The van der Waals surface area contributed by atoms with Gasteiger partial charge in [0.05, 0.1) is 11.6 Å². The Kier molecular flexibility index (Phi) is 6.67. The van der Waals surface area contributed by atoms with Gasteiger partial charge in [-0.05, 0) is 43.5 Å². The number of nitrogens with one attached hydrogen (secondary N) is 1. The number of cyclic esters (lactones) is 1. The normalized spacial score (nSPS) is 19.3. The van der Waals surface area contributed by atoms with Crippen LogP contribution in [0.15, 0.2) is 60.7 Å². The minimum absolute atomic E-state index is 0.00924. The molecular formula is C27H31N3O5. The SMILES string of the molecule is CC(c1ccc(Cc2cc(C(=O)O)n[nH]2)cc1)N1CCC(CC(C)(C)O)(c2ccccc2)OC1=O. The lowest BCUT2D eigenvalue weighted by Crippen LogP contribution is -2.51. The quantitative estimate of drug-likeness (QED) is 0.435. The summed E-state index contributed by atoms with van der Waals surface area (Å²) in [5.41, 5.74) is 1.68. The maximum Gasteiger partial charge on any atom is 0.411 e. The van der Waals surface area contributed by atoms with Gasteiger partial charge < -0.3 is 19.8 Å². The lowest BCUT2D eigenvalue weighted by molar-refractivity contribution is -0.101. The summed E-state index contributed by atoms with van der Waals surface area (Å²) in [6, 6.07) is 18.8. The van der Waals surface area contributed by atoms with Gasteiger partial charge in [-0.2, -0.15) is 5.10 Å². The number of aromatic nitrogens is 2. The highest BCUT2D eigenvalue weighted by Crippen LogP contribution is 2.42. The van der Waals surface area contributed by atoms with Gasteiger partial charge in [0, 0.05) is 31.5 Å². The second-order valence-corrected chi connectivity index (χ2v) is 9.84. The van der Waals surface area contributed by atoms with E-state index in [9.17, 15) is 14.7 Å². The number of benzene rings is 2. The molecule has 0 aliphatic carbocycles. The van der Waals surface area contributed by atoms with Crippen molar-refractivity contribution in [3.63, 3.8) is 0 Å². The number of nitrogens with zero attached hydrogens (tertiary/aromatic N) is 2. The van der Waals surface area contributed by atoms with Crippen molar-refractivity contribution in [2.45, 2.75) is 57.3 Å². The highest BCUT2D eigenvalue weighted by atomic mass is 16.6. The molecule has 1 aromatic heterocycles. The zero-order valence-corrected chi connectivity index (χ0v) is 20.2. The second-order valence-electron chi connectivity index (χ2n) is 9.84. The Labute approximate surface area is 204 Å². The number of amides is 1. The van der Waals surface area contributed by atoms with Gasteiger partial charge in [0.2, 0.25) is 0 Å². The molecule has 1 aliphatic heterocycles. The molecule has 8 nitrogen and oxygen atoms in total. The lowest BCUT2D eigenvalue weighted by atomic mass is 9.80. The summed E-state index contributed by atoms with van der Waals surface area (Å²) in [5.74, 6) is -1.07. The molecule has 1 saturated heterocycles. The molecular weight excluding hydrogens is 446 g/mol. The standard InChI is InChI=1S/C27H31N3O5/c1-18(20-11-9-19(10-12-20)15-22-16-23(24(31)32)29-28-22)30-14-13-27(35-25(30)33,17-26(2,3)34)21-7-5-4-6-8-21/h4-12,16,18,34H,13-15,17H2,1-3H3,(H,28,29)(H,31,32). The Morgan fingerprint density at radius 3 is 2.46 bits per heavy atom. The number of rotatable bonds is 8. The van der Waals surface area contributed by atoms with E-state index in [-0.39, 0.29) is 11.7 Å². The van der Waals surface area contributed by atoms with Gasteiger partial charge in [-0.1, -0.05) is 54.6 Å². The number of carbonyl (C=O) groups is 2. The van der Waals surface area contributed by atoms with E-state index >= 15 is 0 Å². The molecule has 1 fully saturated rings. The van der Waals surface area contributed by atoms with E-state index < -0.39 is 23.3 Å². The Morgan fingerprint density at radius 1 is 1.20 bits per heavy atom. The van der Waals surface area contributed by atoms with Crippen molar-refractivity contribution in [3.8, 4) is 0 Å². The van der Waals surface area contributed by atoms with Crippen molar-refractivity contribution in [3.05, 3.63) is 88.7 Å². The summed E-state index contributed by atoms with van der Waals surface area (Å²) in [7, 11) is 0. The Bertz CT molecular complexity index is 1180. The summed E-state index contributed by atoms with van der Waals surface area (Å²) >= 11 is 0. The Balaban J connectivity index is 1.47. The molecule has 4 rings (SSSR count). The Morgan fingerprint density at radius 2 is 1.89 bits per heavy atom. The molecule has 3 N–H and O–H groups in total. The maximum absolute atomic E-state index is 13.2. The number of aliphatic hydroxyl groups is 1. The Hall–Kier alpha value is -3.65. The third-order valence-corrected chi connectivity index (χ3v) is 6.47. The van der Waals surface area contributed by atoms with E-state index in [1.807, 2.05) is 61.5 Å². The van der Waals surface area contributed by atoms with Crippen LogP contribution in [0.25, 0.3) is 0 Å². The van der Waals surface area contributed by atoms with E-state index in [1.54, 1.807) is 18.7 Å². The van der Waals surface area contributed by atoms with Crippen LogP contribution in [-0.2, 0) is 16.8 Å². The van der Waals surface area contributed by atoms with Crippen LogP contribution in [0.5, 0.6) is 0 Å². The van der Waals surface area contributed by atoms with Gasteiger partial charge in [0.25, 0.3) is 0 Å². The van der Waals surface area contributed by atoms with E-state index in [4.69, 9.17) is 9.84 Å². The van der Waals surface area contributed by atoms with Crippen LogP contribution in [0.2, 0.25) is 0 Å². The van der Waals surface area contributed by atoms with E-state index in [1.165, 1.54) is 6.07 Å². The molecule has 2 atom stereocenters. The first-order valence-corrected chi connectivity index (χ1v) is 11.7. The third-order valence-electron chi connectivity index (χ3n) is 6.47. The first kappa shape index (κ1) is 24.5. The van der Waals surface area contributed by atoms with Crippen LogP contribution in [0.4, 0.5) is 4.79 Å². The monoisotopic (exact) mass is 477 g/mol. The van der Waals surface area contributed by atoms with Gasteiger partial charge in [0.1, 0.15) is 5.60 Å². The fraction of sp³-hybridized carbons (Fsp3) is 0.370. The van der Waals surface area contributed by atoms with Gasteiger partial charge >= 0.3 is 12.1 Å². The zero-order chi connectivity index (χ0) is 25.2. The van der Waals surface area contributed by atoms with Crippen molar-refractivity contribution in [1.29, 1.82) is 0 Å². The van der Waals surface area contributed by atoms with Crippen LogP contribution in [0, 0.1) is 0 Å². The van der Waals surface area contributed by atoms with Gasteiger partial charge in [-0.3, -0.25) is 5.10 Å². The molecule has 0 radical (unpaired) electrons. The molecule has 2 heterocycles. The number of carboxylic acid groups (broad SMARTS) is 1. The molecule has 1 amide bonds. The largest absolute Gasteiger partial charge is 0.476 e. The number of ether oxygens (including phenoxy) is 1. The summed E-state index contributed by atoms with van der Waals surface area (Å²) in [5, 5.41) is 26.1. The predicted octanol–water partition coefficient (Wildman–Crippen LogP) is 4.66. The topological polar surface area (TPSA) is 116 Å². The van der Waals surface area contributed by atoms with E-state index in [2.05, 4.69) is 10.2 Å². The molecule has 3 aromatic rings. The molecule has 0 saturated carbocycles. The molecule has 35 heavy (non-hydrogen) atoms. The first-order valence-electron chi connectivity index (χ1n) is 11.7. The molecule has 2 unspecified atom stereocenters. The number of aromatic amines is 1. The second kappa shape index (κ2) is 9.54. The summed E-state index contributed by atoms with van der Waals surface area (Å²) in [4.78, 5) is 25.9. The molecule has 0 bridgehead atoms. The third kappa shape index (κ3) is 5.54. The van der Waals surface area contributed by atoms with Gasteiger partial charge in [-0.25, -0.2) is 9.59 Å². The van der Waals surface area contributed by atoms with Gasteiger partial charge in [-0.15, -0.1) is 0 Å². The average Bonchev–Trinajstić information content (AvgIpc) is 3.28. The summed E-state index contributed by atoms with van der Waals surface area (Å²) in [6.07, 6.45) is 1.00. The van der Waals surface area contributed by atoms with Crippen molar-refractivity contribution in [1.82, 2.24) is 15.1 Å². The number of carboxylic acids is 1. The van der Waals surface area contributed by atoms with Crippen LogP contribution < -0.4 is 0 Å². The van der Waals surface area contributed by atoms with E-state index in [0.717, 1.165) is 16.7 Å². The van der Waals surface area contributed by atoms with Crippen molar-refractivity contribution in [2.24, 2.45) is 0 Å².